The number of alkyl halides is 2. The molecule has 0 aliphatic rings. The summed E-state index contributed by atoms with van der Waals surface area (Å²) in [7, 11) is 1.48. The number of urea groups is 1. The van der Waals surface area contributed by atoms with Gasteiger partial charge in [0, 0.05) is 19.3 Å². The van der Waals surface area contributed by atoms with Crippen LogP contribution in [0.25, 0.3) is 10.2 Å². The Bertz CT molecular complexity index is 735. The second kappa shape index (κ2) is 6.86. The van der Waals surface area contributed by atoms with Crippen LogP contribution in [0.5, 0.6) is 0 Å². The van der Waals surface area contributed by atoms with Gasteiger partial charge in [0.05, 0.1) is 16.1 Å². The molecule has 1 aromatic carbocycles. The van der Waals surface area contributed by atoms with E-state index in [1.165, 1.54) is 18.9 Å². The molecule has 1 unspecified atom stereocenters. The molecule has 0 saturated carbocycles. The van der Waals surface area contributed by atoms with E-state index in [-0.39, 0.29) is 11.6 Å². The number of amides is 2. The molecule has 0 bridgehead atoms. The molecule has 1 atom stereocenters. The number of carboxylic acids is 1. The molecule has 9 heteroatoms. The zero-order valence-electron chi connectivity index (χ0n) is 12.4. The zero-order valence-corrected chi connectivity index (χ0v) is 13.2. The van der Waals surface area contributed by atoms with E-state index >= 15 is 0 Å². The van der Waals surface area contributed by atoms with Crippen LogP contribution in [-0.4, -0.2) is 40.6 Å². The fourth-order valence-corrected chi connectivity index (χ4v) is 2.77. The largest absolute Gasteiger partial charge is 0.481 e. The van der Waals surface area contributed by atoms with E-state index in [2.05, 4.69) is 10.3 Å². The van der Waals surface area contributed by atoms with Crippen LogP contribution < -0.4 is 5.32 Å². The van der Waals surface area contributed by atoms with Crippen LogP contribution in [0.1, 0.15) is 18.4 Å². The smallest absolute Gasteiger partial charge is 0.321 e. The van der Waals surface area contributed by atoms with Crippen molar-refractivity contribution in [3.63, 3.8) is 0 Å². The van der Waals surface area contributed by atoms with Crippen molar-refractivity contribution in [2.75, 3.05) is 18.9 Å². The van der Waals surface area contributed by atoms with Gasteiger partial charge in [0.1, 0.15) is 0 Å². The van der Waals surface area contributed by atoms with Crippen LogP contribution in [-0.2, 0) is 4.79 Å². The number of carbonyl (C=O) groups excluding carboxylic acids is 1. The summed E-state index contributed by atoms with van der Waals surface area (Å²) in [4.78, 5) is 27.9. The first-order valence-electron chi connectivity index (χ1n) is 6.71. The highest BCUT2D eigenvalue weighted by Gasteiger charge is 2.18. The zero-order chi connectivity index (χ0) is 17.1. The summed E-state index contributed by atoms with van der Waals surface area (Å²) in [6.45, 7) is 1.56. The molecule has 0 aliphatic carbocycles. The Morgan fingerprint density at radius 3 is 2.74 bits per heavy atom. The maximum absolute atomic E-state index is 12.6. The summed E-state index contributed by atoms with van der Waals surface area (Å²) in [5.74, 6) is -1.68. The topological polar surface area (TPSA) is 82.5 Å². The molecular formula is C14H15F2N3O3S. The third kappa shape index (κ3) is 4.13. The highest BCUT2D eigenvalue weighted by Crippen LogP contribution is 2.30. The lowest BCUT2D eigenvalue weighted by Gasteiger charge is -2.20. The Morgan fingerprint density at radius 2 is 2.13 bits per heavy atom. The summed E-state index contributed by atoms with van der Waals surface area (Å²) in [6.07, 6.45) is -2.63. The summed E-state index contributed by atoms with van der Waals surface area (Å²) >= 11 is 0.866. The van der Waals surface area contributed by atoms with Crippen molar-refractivity contribution in [3.8, 4) is 0 Å². The molecule has 2 aromatic rings. The number of nitrogens with zero attached hydrogens (tertiary/aromatic N) is 2. The SMILES string of the molecule is CC(CN(C)C(=O)Nc1ccc2nc(C(F)F)sc2c1)C(=O)O. The number of rotatable bonds is 5. The second-order valence-corrected chi connectivity index (χ2v) is 6.15. The van der Waals surface area contributed by atoms with Crippen molar-refractivity contribution in [2.24, 2.45) is 5.92 Å². The van der Waals surface area contributed by atoms with Gasteiger partial charge in [0.15, 0.2) is 5.01 Å². The van der Waals surface area contributed by atoms with Gasteiger partial charge >= 0.3 is 12.0 Å². The maximum atomic E-state index is 12.6. The number of hydrogen-bond acceptors (Lipinski definition) is 4. The normalized spacial score (nSPS) is 12.4. The van der Waals surface area contributed by atoms with Crippen LogP contribution in [0.3, 0.4) is 0 Å². The van der Waals surface area contributed by atoms with E-state index in [4.69, 9.17) is 5.11 Å². The minimum Gasteiger partial charge on any atom is -0.481 e. The lowest BCUT2D eigenvalue weighted by atomic mass is 10.2. The number of aliphatic carboxylic acids is 1. The molecule has 6 nitrogen and oxygen atoms in total. The second-order valence-electron chi connectivity index (χ2n) is 5.09. The minimum absolute atomic E-state index is 0.0551. The third-order valence-electron chi connectivity index (χ3n) is 3.16. The first-order valence-corrected chi connectivity index (χ1v) is 7.53. The summed E-state index contributed by atoms with van der Waals surface area (Å²) in [5, 5.41) is 11.2. The first-order chi connectivity index (χ1) is 10.8. The number of benzene rings is 1. The summed E-state index contributed by atoms with van der Waals surface area (Å²) in [5.41, 5.74) is 0.873. The molecule has 1 aromatic heterocycles. The van der Waals surface area contributed by atoms with Gasteiger partial charge in [-0.15, -0.1) is 11.3 Å². The first kappa shape index (κ1) is 17.1. The quantitative estimate of drug-likeness (QED) is 0.871. The third-order valence-corrected chi connectivity index (χ3v) is 4.18. The van der Waals surface area contributed by atoms with Gasteiger partial charge in [0.25, 0.3) is 6.43 Å². The molecule has 124 valence electrons. The van der Waals surface area contributed by atoms with E-state index in [1.54, 1.807) is 18.2 Å². The van der Waals surface area contributed by atoms with Crippen molar-refractivity contribution in [1.29, 1.82) is 0 Å². The number of nitrogens with one attached hydrogen (secondary N) is 1. The summed E-state index contributed by atoms with van der Waals surface area (Å²) < 4.78 is 25.8. The number of carboxylic acid groups (broad SMARTS) is 1. The average molecular weight is 343 g/mol. The van der Waals surface area contributed by atoms with Crippen LogP contribution in [0.2, 0.25) is 0 Å². The monoisotopic (exact) mass is 343 g/mol. The van der Waals surface area contributed by atoms with Crippen molar-refractivity contribution < 1.29 is 23.5 Å². The summed E-state index contributed by atoms with van der Waals surface area (Å²) in [6, 6.07) is 4.19. The molecular weight excluding hydrogens is 328 g/mol. The molecule has 2 N–H and O–H groups in total. The van der Waals surface area contributed by atoms with Gasteiger partial charge in [-0.05, 0) is 18.2 Å². The molecule has 0 aliphatic heterocycles. The molecule has 0 spiro atoms. The highest BCUT2D eigenvalue weighted by molar-refractivity contribution is 7.18. The van der Waals surface area contributed by atoms with Crippen molar-refractivity contribution in [2.45, 2.75) is 13.3 Å². The van der Waals surface area contributed by atoms with Gasteiger partial charge < -0.3 is 15.3 Å². The fourth-order valence-electron chi connectivity index (χ4n) is 1.90. The standard InChI is InChI=1S/C14H15F2N3O3S/c1-7(13(20)21)6-19(2)14(22)17-8-3-4-9-10(5-8)23-12(18-9)11(15)16/h3-5,7,11H,6H2,1-2H3,(H,17,22)(H,20,21). The predicted octanol–water partition coefficient (Wildman–Crippen LogP) is 3.42. The molecule has 2 rings (SSSR count). The number of anilines is 1. The molecule has 0 radical (unpaired) electrons. The Labute approximate surface area is 134 Å². The predicted molar refractivity (Wildman–Crippen MR) is 83.0 cm³/mol. The van der Waals surface area contributed by atoms with E-state index in [1.807, 2.05) is 0 Å². The number of hydrogen-bond donors (Lipinski definition) is 2. The number of carbonyl (C=O) groups is 2. The van der Waals surface area contributed by atoms with Crippen LogP contribution >= 0.6 is 11.3 Å². The van der Waals surface area contributed by atoms with Crippen LogP contribution in [0, 0.1) is 5.92 Å². The number of thiazole rings is 1. The average Bonchev–Trinajstić information content (AvgIpc) is 2.90. The van der Waals surface area contributed by atoms with Gasteiger partial charge in [-0.1, -0.05) is 6.92 Å². The Balaban J connectivity index is 2.08. The molecule has 0 fully saturated rings. The minimum atomic E-state index is -2.63. The van der Waals surface area contributed by atoms with E-state index in [0.29, 0.717) is 15.9 Å². The van der Waals surface area contributed by atoms with Crippen LogP contribution in [0.4, 0.5) is 19.3 Å². The van der Waals surface area contributed by atoms with E-state index < -0.39 is 24.3 Å². The van der Waals surface area contributed by atoms with E-state index in [9.17, 15) is 18.4 Å². The highest BCUT2D eigenvalue weighted by atomic mass is 32.1. The number of aromatic nitrogens is 1. The fraction of sp³-hybridized carbons (Fsp3) is 0.357. The lowest BCUT2D eigenvalue weighted by Crippen LogP contribution is -2.36. The maximum Gasteiger partial charge on any atom is 0.321 e. The van der Waals surface area contributed by atoms with Crippen LogP contribution in [0.15, 0.2) is 18.2 Å². The van der Waals surface area contributed by atoms with Gasteiger partial charge in [-0.2, -0.15) is 0 Å². The lowest BCUT2D eigenvalue weighted by molar-refractivity contribution is -0.141. The molecule has 23 heavy (non-hydrogen) atoms. The Kier molecular flexibility index (Phi) is 5.09. The number of fused-ring (bicyclic) bond motifs is 1. The van der Waals surface area contributed by atoms with Gasteiger partial charge in [0.2, 0.25) is 0 Å². The van der Waals surface area contributed by atoms with Gasteiger partial charge in [-0.25, -0.2) is 18.6 Å². The molecule has 1 heterocycles. The molecule has 0 saturated heterocycles. The van der Waals surface area contributed by atoms with E-state index in [0.717, 1.165) is 11.3 Å². The van der Waals surface area contributed by atoms with Crippen molar-refractivity contribution in [3.05, 3.63) is 23.2 Å². The Hall–Kier alpha value is -2.29. The van der Waals surface area contributed by atoms with Gasteiger partial charge in [-0.3, -0.25) is 4.79 Å². The molecule has 2 amide bonds. The van der Waals surface area contributed by atoms with Crippen molar-refractivity contribution in [1.82, 2.24) is 9.88 Å². The number of halogens is 2. The Morgan fingerprint density at radius 1 is 1.43 bits per heavy atom. The van der Waals surface area contributed by atoms with Crippen molar-refractivity contribution >= 4 is 39.2 Å².